The number of hydrogen-bond acceptors (Lipinski definition) is 3. The summed E-state index contributed by atoms with van der Waals surface area (Å²) in [6.45, 7) is 1.91. The third kappa shape index (κ3) is 2.61. The number of rotatable bonds is 3. The molecule has 0 aliphatic carbocycles. The van der Waals surface area contributed by atoms with Gasteiger partial charge in [0, 0.05) is 24.1 Å². The zero-order chi connectivity index (χ0) is 12.4. The van der Waals surface area contributed by atoms with Crippen LogP contribution in [0.25, 0.3) is 0 Å². The quantitative estimate of drug-likeness (QED) is 0.638. The Bertz CT molecular complexity index is 442. The van der Waals surface area contributed by atoms with Crippen LogP contribution in [-0.4, -0.2) is 16.9 Å². The van der Waals surface area contributed by atoms with E-state index in [1.54, 1.807) is 12.1 Å². The molecule has 90 valence electrons. The Balaban J connectivity index is 2.00. The maximum absolute atomic E-state index is 11.3. The Labute approximate surface area is 99.0 Å². The highest BCUT2D eigenvalue weighted by atomic mass is 16.6. The van der Waals surface area contributed by atoms with Gasteiger partial charge in [-0.15, -0.1) is 0 Å². The van der Waals surface area contributed by atoms with E-state index in [0.29, 0.717) is 0 Å². The lowest BCUT2D eigenvalue weighted by atomic mass is 10.0. The smallest absolute Gasteiger partial charge is 0.269 e. The first-order chi connectivity index (χ1) is 8.06. The van der Waals surface area contributed by atoms with Gasteiger partial charge in [0.05, 0.1) is 4.92 Å². The molecule has 1 N–H and O–H groups in total. The van der Waals surface area contributed by atoms with E-state index in [1.165, 1.54) is 12.1 Å². The fourth-order valence-electron chi connectivity index (χ4n) is 2.11. The topological polar surface area (TPSA) is 72.2 Å². The molecule has 0 bridgehead atoms. The highest BCUT2D eigenvalue weighted by Crippen LogP contribution is 2.19. The molecule has 2 atom stereocenters. The second-order valence-corrected chi connectivity index (χ2v) is 4.47. The molecule has 2 rings (SSSR count). The van der Waals surface area contributed by atoms with Crippen LogP contribution in [0.1, 0.15) is 18.9 Å². The number of nitro groups is 1. The fourth-order valence-corrected chi connectivity index (χ4v) is 2.11. The van der Waals surface area contributed by atoms with Crippen molar-refractivity contribution in [2.24, 2.45) is 5.92 Å². The summed E-state index contributed by atoms with van der Waals surface area (Å²) in [4.78, 5) is 21.4. The molecular formula is C12H14N2O3. The molecule has 0 radical (unpaired) electrons. The van der Waals surface area contributed by atoms with E-state index in [0.717, 1.165) is 18.4 Å². The number of hydrogen-bond donors (Lipinski definition) is 1. The third-order valence-corrected chi connectivity index (χ3v) is 3.06. The Hall–Kier alpha value is -1.91. The lowest BCUT2D eigenvalue weighted by Gasteiger charge is -2.09. The largest absolute Gasteiger partial charge is 0.353 e. The molecule has 1 aliphatic rings. The maximum Gasteiger partial charge on any atom is 0.269 e. The summed E-state index contributed by atoms with van der Waals surface area (Å²) >= 11 is 0. The standard InChI is InChI=1S/C12H14N2O3/c1-8-6-10(13-12(8)15)7-9-2-4-11(5-3-9)14(16)17/h2-5,8,10H,6-7H2,1H3,(H,13,15)/t8?,10-/m1/s1. The Kier molecular flexibility index (Phi) is 3.08. The van der Waals surface area contributed by atoms with Crippen LogP contribution in [0, 0.1) is 16.0 Å². The van der Waals surface area contributed by atoms with Gasteiger partial charge in [-0.05, 0) is 18.4 Å². The van der Waals surface area contributed by atoms with Crippen molar-refractivity contribution in [3.8, 4) is 0 Å². The van der Waals surface area contributed by atoms with Crippen molar-refractivity contribution < 1.29 is 9.72 Å². The predicted octanol–water partition coefficient (Wildman–Crippen LogP) is 1.66. The van der Waals surface area contributed by atoms with Crippen LogP contribution in [0.3, 0.4) is 0 Å². The minimum atomic E-state index is -0.413. The van der Waals surface area contributed by atoms with Gasteiger partial charge in [0.2, 0.25) is 5.91 Å². The van der Waals surface area contributed by atoms with Gasteiger partial charge in [0.15, 0.2) is 0 Å². The molecule has 1 aliphatic heterocycles. The Morgan fingerprint density at radius 1 is 1.41 bits per heavy atom. The molecule has 5 heteroatoms. The van der Waals surface area contributed by atoms with Gasteiger partial charge in [-0.25, -0.2) is 0 Å². The predicted molar refractivity (Wildman–Crippen MR) is 62.5 cm³/mol. The number of benzene rings is 1. The molecular weight excluding hydrogens is 220 g/mol. The summed E-state index contributed by atoms with van der Waals surface area (Å²) in [6, 6.07) is 6.63. The molecule has 5 nitrogen and oxygen atoms in total. The van der Waals surface area contributed by atoms with E-state index < -0.39 is 4.92 Å². The van der Waals surface area contributed by atoms with Gasteiger partial charge >= 0.3 is 0 Å². The minimum absolute atomic E-state index is 0.0676. The SMILES string of the molecule is CC1C[C@H](Cc2ccc([N+](=O)[O-])cc2)NC1=O. The Morgan fingerprint density at radius 2 is 2.06 bits per heavy atom. The van der Waals surface area contributed by atoms with Crippen molar-refractivity contribution in [2.75, 3.05) is 0 Å². The molecule has 1 saturated heterocycles. The zero-order valence-corrected chi connectivity index (χ0v) is 9.55. The minimum Gasteiger partial charge on any atom is -0.353 e. The number of nitrogens with one attached hydrogen (secondary N) is 1. The summed E-state index contributed by atoms with van der Waals surface area (Å²) in [6.07, 6.45) is 1.56. The van der Waals surface area contributed by atoms with Crippen molar-refractivity contribution in [3.05, 3.63) is 39.9 Å². The van der Waals surface area contributed by atoms with Gasteiger partial charge in [0.25, 0.3) is 5.69 Å². The number of nitro benzene ring substituents is 1. The van der Waals surface area contributed by atoms with Crippen LogP contribution in [0.4, 0.5) is 5.69 Å². The highest BCUT2D eigenvalue weighted by molar-refractivity contribution is 5.80. The fraction of sp³-hybridized carbons (Fsp3) is 0.417. The van der Waals surface area contributed by atoms with Gasteiger partial charge in [-0.1, -0.05) is 19.1 Å². The van der Waals surface area contributed by atoms with Crippen LogP contribution in [0.15, 0.2) is 24.3 Å². The van der Waals surface area contributed by atoms with Crippen LogP contribution < -0.4 is 5.32 Å². The molecule has 1 aromatic rings. The third-order valence-electron chi connectivity index (χ3n) is 3.06. The first-order valence-electron chi connectivity index (χ1n) is 5.60. The van der Waals surface area contributed by atoms with Gasteiger partial charge in [-0.2, -0.15) is 0 Å². The first kappa shape index (κ1) is 11.6. The number of nitrogens with zero attached hydrogens (tertiary/aromatic N) is 1. The lowest BCUT2D eigenvalue weighted by Crippen LogP contribution is -2.27. The van der Waals surface area contributed by atoms with Crippen LogP contribution in [-0.2, 0) is 11.2 Å². The first-order valence-corrected chi connectivity index (χ1v) is 5.60. The second kappa shape index (κ2) is 4.53. The van der Waals surface area contributed by atoms with E-state index in [9.17, 15) is 14.9 Å². The van der Waals surface area contributed by atoms with E-state index in [1.807, 2.05) is 6.92 Å². The summed E-state index contributed by atoms with van der Waals surface area (Å²) in [5.41, 5.74) is 1.10. The van der Waals surface area contributed by atoms with Crippen molar-refractivity contribution in [3.63, 3.8) is 0 Å². The molecule has 1 heterocycles. The second-order valence-electron chi connectivity index (χ2n) is 4.47. The number of carbonyl (C=O) groups excluding carboxylic acids is 1. The number of carbonyl (C=O) groups is 1. The highest BCUT2D eigenvalue weighted by Gasteiger charge is 2.28. The van der Waals surface area contributed by atoms with E-state index in [4.69, 9.17) is 0 Å². The average Bonchev–Trinajstić information content (AvgIpc) is 2.58. The van der Waals surface area contributed by atoms with Crippen molar-refractivity contribution >= 4 is 11.6 Å². The van der Waals surface area contributed by atoms with Crippen LogP contribution in [0.2, 0.25) is 0 Å². The van der Waals surface area contributed by atoms with E-state index in [-0.39, 0.29) is 23.6 Å². The molecule has 0 saturated carbocycles. The van der Waals surface area contributed by atoms with Crippen molar-refractivity contribution in [2.45, 2.75) is 25.8 Å². The molecule has 1 aromatic carbocycles. The number of non-ortho nitro benzene ring substituents is 1. The van der Waals surface area contributed by atoms with Gasteiger partial charge < -0.3 is 5.32 Å². The van der Waals surface area contributed by atoms with E-state index in [2.05, 4.69) is 5.32 Å². The van der Waals surface area contributed by atoms with Crippen LogP contribution >= 0.6 is 0 Å². The normalized spacial score (nSPS) is 23.5. The molecule has 0 spiro atoms. The average molecular weight is 234 g/mol. The van der Waals surface area contributed by atoms with Gasteiger partial charge in [0.1, 0.15) is 0 Å². The lowest BCUT2D eigenvalue weighted by molar-refractivity contribution is -0.384. The summed E-state index contributed by atoms with van der Waals surface area (Å²) < 4.78 is 0. The molecule has 17 heavy (non-hydrogen) atoms. The Morgan fingerprint density at radius 3 is 2.53 bits per heavy atom. The summed E-state index contributed by atoms with van der Waals surface area (Å²) in [7, 11) is 0. The van der Waals surface area contributed by atoms with Crippen LogP contribution in [0.5, 0.6) is 0 Å². The van der Waals surface area contributed by atoms with E-state index >= 15 is 0 Å². The molecule has 1 amide bonds. The molecule has 1 fully saturated rings. The summed E-state index contributed by atoms with van der Waals surface area (Å²) in [5, 5.41) is 13.4. The van der Waals surface area contributed by atoms with Gasteiger partial charge in [-0.3, -0.25) is 14.9 Å². The van der Waals surface area contributed by atoms with Crippen molar-refractivity contribution in [1.29, 1.82) is 0 Å². The summed E-state index contributed by atoms with van der Waals surface area (Å²) in [5.74, 6) is 0.162. The maximum atomic E-state index is 11.3. The zero-order valence-electron chi connectivity index (χ0n) is 9.55. The molecule has 1 unspecified atom stereocenters. The molecule has 0 aromatic heterocycles. The number of amides is 1. The monoisotopic (exact) mass is 234 g/mol. The van der Waals surface area contributed by atoms with Crippen molar-refractivity contribution in [1.82, 2.24) is 5.32 Å².